The fourth-order valence-corrected chi connectivity index (χ4v) is 2.99. The SMILES string of the molecule is COC1CCN(Cc2ccccc2Br)C(CN)C1.Cl. The molecule has 1 fully saturated rings. The van der Waals surface area contributed by atoms with Crippen LogP contribution in [0, 0.1) is 0 Å². The average Bonchev–Trinajstić information content (AvgIpc) is 2.41. The van der Waals surface area contributed by atoms with Crippen LogP contribution in [0.1, 0.15) is 18.4 Å². The highest BCUT2D eigenvalue weighted by molar-refractivity contribution is 9.10. The summed E-state index contributed by atoms with van der Waals surface area (Å²) in [6, 6.07) is 8.81. The maximum atomic E-state index is 5.89. The maximum Gasteiger partial charge on any atom is 0.0599 e. The van der Waals surface area contributed by atoms with Gasteiger partial charge < -0.3 is 10.5 Å². The van der Waals surface area contributed by atoms with Gasteiger partial charge in [-0.1, -0.05) is 34.1 Å². The van der Waals surface area contributed by atoms with Crippen LogP contribution in [0.25, 0.3) is 0 Å². The first-order valence-electron chi connectivity index (χ1n) is 6.45. The Labute approximate surface area is 130 Å². The van der Waals surface area contributed by atoms with Crippen LogP contribution < -0.4 is 5.73 Å². The van der Waals surface area contributed by atoms with Gasteiger partial charge in [0.25, 0.3) is 0 Å². The molecule has 1 saturated heterocycles. The number of nitrogens with two attached hydrogens (primary N) is 1. The largest absolute Gasteiger partial charge is 0.381 e. The Hall–Kier alpha value is -0.130. The van der Waals surface area contributed by atoms with Gasteiger partial charge in [0.05, 0.1) is 6.10 Å². The summed E-state index contributed by atoms with van der Waals surface area (Å²) < 4.78 is 6.63. The Kier molecular flexibility index (Phi) is 7.32. The predicted molar refractivity (Wildman–Crippen MR) is 84.7 cm³/mol. The Balaban J connectivity index is 0.00000180. The molecule has 19 heavy (non-hydrogen) atoms. The van der Waals surface area contributed by atoms with E-state index in [0.717, 1.165) is 25.9 Å². The van der Waals surface area contributed by atoms with Crippen LogP contribution in [0.2, 0.25) is 0 Å². The molecule has 2 rings (SSSR count). The lowest BCUT2D eigenvalue weighted by molar-refractivity contribution is 0.0101. The van der Waals surface area contributed by atoms with Crippen molar-refractivity contribution in [2.24, 2.45) is 5.73 Å². The minimum absolute atomic E-state index is 0. The van der Waals surface area contributed by atoms with Crippen LogP contribution in [-0.2, 0) is 11.3 Å². The summed E-state index contributed by atoms with van der Waals surface area (Å²) in [5, 5.41) is 0. The van der Waals surface area contributed by atoms with E-state index in [4.69, 9.17) is 10.5 Å². The number of hydrogen-bond donors (Lipinski definition) is 1. The molecule has 1 aliphatic rings. The molecule has 2 atom stereocenters. The van der Waals surface area contributed by atoms with Crippen LogP contribution in [0.3, 0.4) is 0 Å². The van der Waals surface area contributed by atoms with E-state index in [-0.39, 0.29) is 12.4 Å². The molecule has 0 spiro atoms. The zero-order valence-electron chi connectivity index (χ0n) is 11.2. The van der Waals surface area contributed by atoms with Gasteiger partial charge in [0, 0.05) is 37.3 Å². The van der Waals surface area contributed by atoms with Gasteiger partial charge in [0.2, 0.25) is 0 Å². The second-order valence-electron chi connectivity index (χ2n) is 4.83. The van der Waals surface area contributed by atoms with Crippen LogP contribution in [0.5, 0.6) is 0 Å². The molecule has 2 N–H and O–H groups in total. The Morgan fingerprint density at radius 1 is 1.42 bits per heavy atom. The lowest BCUT2D eigenvalue weighted by Crippen LogP contribution is -2.48. The second kappa shape index (κ2) is 8.22. The molecule has 0 bridgehead atoms. The first-order chi connectivity index (χ1) is 8.74. The zero-order valence-corrected chi connectivity index (χ0v) is 13.6. The lowest BCUT2D eigenvalue weighted by Gasteiger charge is -2.38. The van der Waals surface area contributed by atoms with E-state index in [1.807, 2.05) is 6.07 Å². The highest BCUT2D eigenvalue weighted by atomic mass is 79.9. The van der Waals surface area contributed by atoms with Crippen LogP contribution in [0.4, 0.5) is 0 Å². The molecular formula is C14H22BrClN2O. The van der Waals surface area contributed by atoms with E-state index in [0.29, 0.717) is 18.7 Å². The lowest BCUT2D eigenvalue weighted by atomic mass is 9.98. The van der Waals surface area contributed by atoms with Crippen molar-refractivity contribution in [1.82, 2.24) is 4.90 Å². The molecule has 1 aliphatic heterocycles. The van der Waals surface area contributed by atoms with Crippen molar-refractivity contribution in [3.8, 4) is 0 Å². The average molecular weight is 350 g/mol. The molecule has 0 aromatic heterocycles. The quantitative estimate of drug-likeness (QED) is 0.908. The van der Waals surface area contributed by atoms with Crippen LogP contribution in [-0.4, -0.2) is 37.2 Å². The Morgan fingerprint density at radius 2 is 2.16 bits per heavy atom. The predicted octanol–water partition coefficient (Wildman–Crippen LogP) is 2.81. The summed E-state index contributed by atoms with van der Waals surface area (Å²) in [6.45, 7) is 2.71. The third-order valence-corrected chi connectivity index (χ3v) is 4.50. The highest BCUT2D eigenvalue weighted by Gasteiger charge is 2.27. The molecule has 0 saturated carbocycles. The Bertz CT molecular complexity index is 391. The van der Waals surface area contributed by atoms with E-state index in [1.54, 1.807) is 7.11 Å². The third-order valence-electron chi connectivity index (χ3n) is 3.73. The number of hydrogen-bond acceptors (Lipinski definition) is 3. The summed E-state index contributed by atoms with van der Waals surface area (Å²) in [5.41, 5.74) is 7.22. The van der Waals surface area contributed by atoms with Crippen LogP contribution in [0.15, 0.2) is 28.7 Å². The minimum Gasteiger partial charge on any atom is -0.381 e. The molecule has 0 aliphatic carbocycles. The van der Waals surface area contributed by atoms with Gasteiger partial charge in [-0.05, 0) is 24.5 Å². The summed E-state index contributed by atoms with van der Waals surface area (Å²) in [7, 11) is 1.79. The molecule has 2 unspecified atom stereocenters. The van der Waals surface area contributed by atoms with E-state index in [1.165, 1.54) is 10.0 Å². The third kappa shape index (κ3) is 4.43. The zero-order chi connectivity index (χ0) is 13.0. The smallest absolute Gasteiger partial charge is 0.0599 e. The number of methoxy groups -OCH3 is 1. The molecule has 1 aromatic rings. The number of nitrogens with zero attached hydrogens (tertiary/aromatic N) is 1. The monoisotopic (exact) mass is 348 g/mol. The summed E-state index contributed by atoms with van der Waals surface area (Å²) in [6.07, 6.45) is 2.50. The molecular weight excluding hydrogens is 328 g/mol. The van der Waals surface area contributed by atoms with Gasteiger partial charge >= 0.3 is 0 Å². The van der Waals surface area contributed by atoms with E-state index in [9.17, 15) is 0 Å². The van der Waals surface area contributed by atoms with E-state index < -0.39 is 0 Å². The van der Waals surface area contributed by atoms with Gasteiger partial charge in [-0.3, -0.25) is 4.90 Å². The van der Waals surface area contributed by atoms with Gasteiger partial charge in [-0.15, -0.1) is 12.4 Å². The molecule has 0 amide bonds. The van der Waals surface area contributed by atoms with Gasteiger partial charge in [-0.25, -0.2) is 0 Å². The van der Waals surface area contributed by atoms with Gasteiger partial charge in [0.15, 0.2) is 0 Å². The summed E-state index contributed by atoms with van der Waals surface area (Å²) >= 11 is 3.61. The maximum absolute atomic E-state index is 5.89. The Morgan fingerprint density at radius 3 is 2.79 bits per heavy atom. The number of likely N-dealkylation sites (tertiary alicyclic amines) is 1. The number of ether oxygens (including phenoxy) is 1. The number of rotatable bonds is 4. The van der Waals surface area contributed by atoms with Crippen molar-refractivity contribution in [2.75, 3.05) is 20.2 Å². The number of benzene rings is 1. The summed E-state index contributed by atoms with van der Waals surface area (Å²) in [5.74, 6) is 0. The van der Waals surface area contributed by atoms with E-state index >= 15 is 0 Å². The molecule has 108 valence electrons. The van der Waals surface area contributed by atoms with Crippen molar-refractivity contribution >= 4 is 28.3 Å². The first kappa shape index (κ1) is 16.9. The molecule has 5 heteroatoms. The summed E-state index contributed by atoms with van der Waals surface area (Å²) in [4.78, 5) is 2.47. The standard InChI is InChI=1S/C14H21BrN2O.ClH/c1-18-13-6-7-17(12(8-13)9-16)10-11-4-2-3-5-14(11)15;/h2-5,12-13H,6-10,16H2,1H3;1H. The number of piperidine rings is 1. The fraction of sp³-hybridized carbons (Fsp3) is 0.571. The van der Waals surface area contributed by atoms with Gasteiger partial charge in [-0.2, -0.15) is 0 Å². The second-order valence-corrected chi connectivity index (χ2v) is 5.69. The minimum atomic E-state index is 0. The van der Waals surface area contributed by atoms with E-state index in [2.05, 4.69) is 39.0 Å². The van der Waals surface area contributed by atoms with Crippen molar-refractivity contribution < 1.29 is 4.74 Å². The highest BCUT2D eigenvalue weighted by Crippen LogP contribution is 2.24. The normalized spacial score (nSPS) is 23.9. The number of halogens is 2. The first-order valence-corrected chi connectivity index (χ1v) is 7.24. The van der Waals surface area contributed by atoms with Crippen molar-refractivity contribution in [3.05, 3.63) is 34.3 Å². The fourth-order valence-electron chi connectivity index (χ4n) is 2.58. The molecule has 0 radical (unpaired) electrons. The van der Waals surface area contributed by atoms with Gasteiger partial charge in [0.1, 0.15) is 0 Å². The molecule has 1 aromatic carbocycles. The molecule has 1 heterocycles. The van der Waals surface area contributed by atoms with Crippen molar-refractivity contribution in [2.45, 2.75) is 31.5 Å². The van der Waals surface area contributed by atoms with Crippen molar-refractivity contribution in [3.63, 3.8) is 0 Å². The van der Waals surface area contributed by atoms with Crippen molar-refractivity contribution in [1.29, 1.82) is 0 Å². The van der Waals surface area contributed by atoms with Crippen LogP contribution >= 0.6 is 28.3 Å². The topological polar surface area (TPSA) is 38.5 Å². The molecule has 3 nitrogen and oxygen atoms in total.